The molecule has 0 spiro atoms. The van der Waals surface area contributed by atoms with Gasteiger partial charge in [-0.2, -0.15) is 0 Å². The second-order valence-corrected chi connectivity index (χ2v) is 7.59. The lowest BCUT2D eigenvalue weighted by molar-refractivity contribution is 0.162. The molecular weight excluding hydrogens is 316 g/mol. The van der Waals surface area contributed by atoms with Crippen LogP contribution in [0.5, 0.6) is 0 Å². The highest BCUT2D eigenvalue weighted by Gasteiger charge is 2.33. The summed E-state index contributed by atoms with van der Waals surface area (Å²) in [5.41, 5.74) is 0. The fourth-order valence-electron chi connectivity index (χ4n) is 2.50. The minimum atomic E-state index is -3.31. The number of amides is 1. The fraction of sp³-hybridized carbons (Fsp3) is 0.583. The molecule has 0 N–H and O–H groups in total. The van der Waals surface area contributed by atoms with Crippen LogP contribution in [0.4, 0.5) is 10.7 Å². The molecule has 2 rings (SSSR count). The van der Waals surface area contributed by atoms with Crippen molar-refractivity contribution in [3.63, 3.8) is 0 Å². The number of nitrogens with zero attached hydrogens (tertiary/aromatic N) is 4. The maximum Gasteiger partial charge on any atom is 0.316 e. The van der Waals surface area contributed by atoms with Crippen LogP contribution in [0.25, 0.3) is 0 Å². The molecule has 1 aromatic rings. The molecule has 0 aliphatic carbocycles. The van der Waals surface area contributed by atoms with E-state index < -0.39 is 15.2 Å². The van der Waals surface area contributed by atoms with Crippen LogP contribution in [0.1, 0.15) is 13.8 Å². The summed E-state index contributed by atoms with van der Waals surface area (Å²) < 4.78 is 22.8. The third kappa shape index (κ3) is 3.44. The van der Waals surface area contributed by atoms with Crippen molar-refractivity contribution >= 4 is 32.8 Å². The number of aromatic nitrogens is 2. The molecule has 1 aromatic heterocycles. The zero-order valence-electron chi connectivity index (χ0n) is 12.0. The van der Waals surface area contributed by atoms with Crippen LogP contribution in [-0.4, -0.2) is 60.1 Å². The van der Waals surface area contributed by atoms with Gasteiger partial charge in [-0.3, -0.25) is 4.79 Å². The summed E-state index contributed by atoms with van der Waals surface area (Å²) >= 11 is 5.58. The van der Waals surface area contributed by atoms with Crippen LogP contribution in [0.2, 0.25) is 0 Å². The monoisotopic (exact) mass is 332 g/mol. The molecule has 1 amide bonds. The van der Waals surface area contributed by atoms with Crippen molar-refractivity contribution in [3.05, 3.63) is 12.4 Å². The number of carbonyl (C=O) groups is 1. The normalized spacial score (nSPS) is 23.2. The van der Waals surface area contributed by atoms with Gasteiger partial charge in [0.1, 0.15) is 4.90 Å². The summed E-state index contributed by atoms with van der Waals surface area (Å²) in [6.45, 7) is 4.88. The van der Waals surface area contributed by atoms with Crippen molar-refractivity contribution in [2.45, 2.75) is 30.8 Å². The maximum absolute atomic E-state index is 11.4. The van der Waals surface area contributed by atoms with Gasteiger partial charge in [-0.1, -0.05) is 0 Å². The van der Waals surface area contributed by atoms with Crippen LogP contribution >= 0.6 is 11.6 Å². The van der Waals surface area contributed by atoms with Crippen molar-refractivity contribution in [2.24, 2.45) is 0 Å². The van der Waals surface area contributed by atoms with E-state index in [9.17, 15) is 13.2 Å². The second-order valence-electron chi connectivity index (χ2n) is 5.25. The lowest BCUT2D eigenvalue weighted by Crippen LogP contribution is -2.57. The van der Waals surface area contributed by atoms with Gasteiger partial charge in [0.25, 0.3) is 0 Å². The van der Waals surface area contributed by atoms with Crippen LogP contribution < -0.4 is 4.90 Å². The van der Waals surface area contributed by atoms with Gasteiger partial charge in [0.2, 0.25) is 5.95 Å². The van der Waals surface area contributed by atoms with Crippen molar-refractivity contribution in [3.8, 4) is 0 Å². The summed E-state index contributed by atoms with van der Waals surface area (Å²) in [6, 6.07) is -0.145. The Balaban J connectivity index is 2.19. The predicted molar refractivity (Wildman–Crippen MR) is 79.4 cm³/mol. The number of hydrogen-bond acceptors (Lipinski definition) is 6. The van der Waals surface area contributed by atoms with Crippen LogP contribution in [0, 0.1) is 0 Å². The van der Waals surface area contributed by atoms with Gasteiger partial charge in [0.05, 0.1) is 12.4 Å². The molecule has 0 unspecified atom stereocenters. The molecule has 0 radical (unpaired) electrons. The second kappa shape index (κ2) is 5.76. The minimum absolute atomic E-state index is 0.0723. The topological polar surface area (TPSA) is 83.5 Å². The van der Waals surface area contributed by atoms with Gasteiger partial charge in [-0.15, -0.1) is 0 Å². The van der Waals surface area contributed by atoms with Crippen molar-refractivity contribution in [2.75, 3.05) is 24.2 Å². The van der Waals surface area contributed by atoms with E-state index in [2.05, 4.69) is 9.97 Å². The Morgan fingerprint density at radius 2 is 1.71 bits per heavy atom. The van der Waals surface area contributed by atoms with E-state index >= 15 is 0 Å². The number of carbonyl (C=O) groups excluding carboxylic acids is 1. The van der Waals surface area contributed by atoms with E-state index in [4.69, 9.17) is 11.6 Å². The standard InChI is InChI=1S/C12H17ClN4O3S/c1-8-6-16(7-9(2)17(8)11(13)18)12-14-4-10(5-15-12)21(3,19)20/h4-5,8-9H,6-7H2,1-3H3/t8-,9+. The molecule has 1 saturated heterocycles. The van der Waals surface area contributed by atoms with E-state index in [-0.39, 0.29) is 17.0 Å². The average molecular weight is 333 g/mol. The van der Waals surface area contributed by atoms with E-state index in [1.54, 1.807) is 4.90 Å². The molecule has 1 aliphatic heterocycles. The molecule has 0 saturated carbocycles. The Labute approximate surface area is 128 Å². The Hall–Kier alpha value is -1.41. The summed E-state index contributed by atoms with van der Waals surface area (Å²) in [5, 5.41) is -0.469. The van der Waals surface area contributed by atoms with E-state index in [0.29, 0.717) is 19.0 Å². The van der Waals surface area contributed by atoms with E-state index in [1.807, 2.05) is 18.7 Å². The first-order chi connectivity index (χ1) is 9.70. The molecule has 0 aromatic carbocycles. The van der Waals surface area contributed by atoms with Crippen molar-refractivity contribution in [1.29, 1.82) is 0 Å². The van der Waals surface area contributed by atoms with Gasteiger partial charge in [-0.05, 0) is 25.4 Å². The average Bonchev–Trinajstić information content (AvgIpc) is 2.36. The largest absolute Gasteiger partial charge is 0.337 e. The molecule has 7 nitrogen and oxygen atoms in total. The molecule has 2 heterocycles. The van der Waals surface area contributed by atoms with Crippen molar-refractivity contribution < 1.29 is 13.2 Å². The Bertz CT molecular complexity index is 622. The van der Waals surface area contributed by atoms with Gasteiger partial charge >= 0.3 is 5.37 Å². The SMILES string of the molecule is C[C@@H]1CN(c2ncc(S(C)(=O)=O)cn2)C[C@H](C)N1C(=O)Cl. The summed E-state index contributed by atoms with van der Waals surface area (Å²) in [4.78, 5) is 23.2. The van der Waals surface area contributed by atoms with E-state index in [1.165, 1.54) is 12.4 Å². The van der Waals surface area contributed by atoms with Gasteiger partial charge < -0.3 is 9.80 Å². The highest BCUT2D eigenvalue weighted by Crippen LogP contribution is 2.21. The molecule has 116 valence electrons. The minimum Gasteiger partial charge on any atom is -0.337 e. The quantitative estimate of drug-likeness (QED) is 0.596. The first-order valence-electron chi connectivity index (χ1n) is 6.45. The molecule has 0 bridgehead atoms. The van der Waals surface area contributed by atoms with Crippen LogP contribution in [-0.2, 0) is 9.84 Å². The maximum atomic E-state index is 11.4. The van der Waals surface area contributed by atoms with Gasteiger partial charge in [-0.25, -0.2) is 18.4 Å². The fourth-order valence-corrected chi connectivity index (χ4v) is 3.32. The highest BCUT2D eigenvalue weighted by atomic mass is 35.5. The Morgan fingerprint density at radius 3 is 2.10 bits per heavy atom. The highest BCUT2D eigenvalue weighted by molar-refractivity contribution is 7.90. The molecule has 9 heteroatoms. The Morgan fingerprint density at radius 1 is 1.24 bits per heavy atom. The van der Waals surface area contributed by atoms with E-state index in [0.717, 1.165) is 6.26 Å². The summed E-state index contributed by atoms with van der Waals surface area (Å²) in [7, 11) is -3.31. The number of hydrogen-bond donors (Lipinski definition) is 0. The first kappa shape index (κ1) is 16.0. The van der Waals surface area contributed by atoms with Gasteiger partial charge in [0.15, 0.2) is 9.84 Å². The molecule has 1 aliphatic rings. The first-order valence-corrected chi connectivity index (χ1v) is 8.72. The third-order valence-electron chi connectivity index (χ3n) is 3.45. The van der Waals surface area contributed by atoms with Crippen LogP contribution in [0.15, 0.2) is 17.3 Å². The summed E-state index contributed by atoms with van der Waals surface area (Å²) in [6.07, 6.45) is 3.71. The lowest BCUT2D eigenvalue weighted by atomic mass is 10.1. The molecular formula is C12H17ClN4O3S. The smallest absolute Gasteiger partial charge is 0.316 e. The van der Waals surface area contributed by atoms with Gasteiger partial charge in [0, 0.05) is 31.4 Å². The molecule has 2 atom stereocenters. The molecule has 1 fully saturated rings. The zero-order chi connectivity index (χ0) is 15.8. The number of halogens is 1. The Kier molecular flexibility index (Phi) is 4.38. The van der Waals surface area contributed by atoms with Crippen molar-refractivity contribution in [1.82, 2.24) is 14.9 Å². The predicted octanol–water partition coefficient (Wildman–Crippen LogP) is 1.14. The number of sulfone groups is 1. The molecule has 21 heavy (non-hydrogen) atoms. The zero-order valence-corrected chi connectivity index (χ0v) is 13.6. The number of piperazine rings is 1. The van der Waals surface area contributed by atoms with Crippen LogP contribution in [0.3, 0.4) is 0 Å². The summed E-state index contributed by atoms with van der Waals surface area (Å²) in [5.74, 6) is 0.447. The third-order valence-corrected chi connectivity index (χ3v) is 4.71. The number of anilines is 1. The number of rotatable bonds is 2. The lowest BCUT2D eigenvalue weighted by Gasteiger charge is -2.43.